The number of hydrogen-bond donors (Lipinski definition) is 1. The first-order valence-electron chi connectivity index (χ1n) is 12.7. The monoisotopic (exact) mass is 473 g/mol. The van der Waals surface area contributed by atoms with E-state index in [1.54, 1.807) is 0 Å². The topological polar surface area (TPSA) is 35.6 Å². The number of piperidine rings is 1. The van der Waals surface area contributed by atoms with Crippen LogP contribution in [-0.4, -0.2) is 42.0 Å². The third-order valence-corrected chi connectivity index (χ3v) is 6.89. The molecule has 0 spiro atoms. The minimum Gasteiger partial charge on any atom is -0.338 e. The predicted molar refractivity (Wildman–Crippen MR) is 140 cm³/mol. The molecule has 0 unspecified atom stereocenters. The first-order chi connectivity index (χ1) is 17.1. The van der Waals surface area contributed by atoms with Gasteiger partial charge in [-0.1, -0.05) is 66.7 Å². The predicted octanol–water partition coefficient (Wildman–Crippen LogP) is 5.98. The number of rotatable bonds is 9. The summed E-state index contributed by atoms with van der Waals surface area (Å²) in [6.07, 6.45) is 3.01. The fraction of sp³-hybridized carbons (Fsp3) is 0.367. The second kappa shape index (κ2) is 12.5. The molecule has 0 aromatic heterocycles. The van der Waals surface area contributed by atoms with Crippen molar-refractivity contribution < 1.29 is 9.18 Å². The van der Waals surface area contributed by atoms with Gasteiger partial charge < -0.3 is 10.2 Å². The van der Waals surface area contributed by atoms with Crippen LogP contribution in [0, 0.1) is 5.82 Å². The molecule has 0 aliphatic carbocycles. The summed E-state index contributed by atoms with van der Waals surface area (Å²) in [4.78, 5) is 17.3. The molecule has 184 valence electrons. The molecule has 2 amide bonds. The maximum atomic E-state index is 13.2. The number of carbonyl (C=O) groups excluding carboxylic acids is 1. The van der Waals surface area contributed by atoms with Crippen LogP contribution in [0.2, 0.25) is 0 Å². The highest BCUT2D eigenvalue weighted by molar-refractivity contribution is 5.74. The molecule has 4 nitrogen and oxygen atoms in total. The second-order valence-electron chi connectivity index (χ2n) is 9.37. The van der Waals surface area contributed by atoms with Gasteiger partial charge in [-0.3, -0.25) is 4.90 Å². The number of nitrogens with one attached hydrogen (secondary N) is 1. The lowest BCUT2D eigenvalue weighted by molar-refractivity contribution is 0.194. The van der Waals surface area contributed by atoms with Crippen molar-refractivity contribution in [2.45, 2.75) is 45.2 Å². The molecule has 1 heterocycles. The van der Waals surface area contributed by atoms with Gasteiger partial charge in [0.05, 0.1) is 0 Å². The van der Waals surface area contributed by atoms with Gasteiger partial charge in [0.1, 0.15) is 5.82 Å². The molecular weight excluding hydrogens is 437 g/mol. The Kier molecular flexibility index (Phi) is 8.90. The summed E-state index contributed by atoms with van der Waals surface area (Å²) in [5.74, 6) is 0.301. The quantitative estimate of drug-likeness (QED) is 0.415. The molecule has 1 aliphatic heterocycles. The Hall–Kier alpha value is -3.18. The zero-order valence-corrected chi connectivity index (χ0v) is 20.6. The number of benzene rings is 3. The van der Waals surface area contributed by atoms with Crippen molar-refractivity contribution in [1.82, 2.24) is 15.1 Å². The molecule has 3 aromatic rings. The summed E-state index contributed by atoms with van der Waals surface area (Å²) < 4.78 is 13.2. The van der Waals surface area contributed by atoms with Crippen molar-refractivity contribution >= 4 is 6.03 Å². The zero-order valence-electron chi connectivity index (χ0n) is 20.6. The SMILES string of the molecule is CCNC(=O)N(CCc1ccccc1)Cc1ccccc1C1CCN(Cc2ccc(F)cc2)CC1. The lowest BCUT2D eigenvalue weighted by atomic mass is 9.86. The van der Waals surface area contributed by atoms with Crippen LogP contribution in [0.3, 0.4) is 0 Å². The summed E-state index contributed by atoms with van der Waals surface area (Å²) in [7, 11) is 0. The first-order valence-corrected chi connectivity index (χ1v) is 12.7. The van der Waals surface area contributed by atoms with E-state index in [0.717, 1.165) is 44.5 Å². The summed E-state index contributed by atoms with van der Waals surface area (Å²) in [6, 6.07) is 25.8. The van der Waals surface area contributed by atoms with Crippen LogP contribution in [0.1, 0.15) is 47.9 Å². The van der Waals surface area contributed by atoms with Crippen molar-refractivity contribution in [3.63, 3.8) is 0 Å². The van der Waals surface area contributed by atoms with Gasteiger partial charge in [-0.2, -0.15) is 0 Å². The number of amides is 2. The fourth-order valence-electron chi connectivity index (χ4n) is 4.96. The maximum absolute atomic E-state index is 13.2. The van der Waals surface area contributed by atoms with Gasteiger partial charge in [0, 0.05) is 26.2 Å². The number of likely N-dealkylation sites (tertiary alicyclic amines) is 1. The minimum absolute atomic E-state index is 0.00708. The van der Waals surface area contributed by atoms with Crippen molar-refractivity contribution in [3.05, 3.63) is 107 Å². The van der Waals surface area contributed by atoms with Crippen LogP contribution in [0.5, 0.6) is 0 Å². The number of hydrogen-bond acceptors (Lipinski definition) is 2. The van der Waals surface area contributed by atoms with Gasteiger partial charge in [-0.25, -0.2) is 9.18 Å². The average Bonchev–Trinajstić information content (AvgIpc) is 2.89. The van der Waals surface area contributed by atoms with Gasteiger partial charge >= 0.3 is 6.03 Å². The highest BCUT2D eigenvalue weighted by atomic mass is 19.1. The highest BCUT2D eigenvalue weighted by Crippen LogP contribution is 2.31. The van der Waals surface area contributed by atoms with E-state index in [-0.39, 0.29) is 11.8 Å². The molecule has 1 N–H and O–H groups in total. The molecule has 0 saturated carbocycles. The molecule has 0 radical (unpaired) electrons. The Bertz CT molecular complexity index is 1060. The third-order valence-electron chi connectivity index (χ3n) is 6.89. The molecule has 35 heavy (non-hydrogen) atoms. The first kappa shape index (κ1) is 24.9. The third kappa shape index (κ3) is 7.15. The number of urea groups is 1. The Morgan fingerprint density at radius 2 is 1.63 bits per heavy atom. The van der Waals surface area contributed by atoms with E-state index in [4.69, 9.17) is 0 Å². The zero-order chi connectivity index (χ0) is 24.5. The van der Waals surface area contributed by atoms with Crippen molar-refractivity contribution in [1.29, 1.82) is 0 Å². The molecule has 1 aliphatic rings. The van der Waals surface area contributed by atoms with E-state index in [2.05, 4.69) is 46.6 Å². The lowest BCUT2D eigenvalue weighted by Crippen LogP contribution is -2.41. The van der Waals surface area contributed by atoms with Crippen LogP contribution in [0.4, 0.5) is 9.18 Å². The Morgan fingerprint density at radius 3 is 2.34 bits per heavy atom. The molecule has 1 fully saturated rings. The smallest absolute Gasteiger partial charge is 0.317 e. The summed E-state index contributed by atoms with van der Waals surface area (Å²) >= 11 is 0. The summed E-state index contributed by atoms with van der Waals surface area (Å²) in [5, 5.41) is 2.99. The van der Waals surface area contributed by atoms with Crippen LogP contribution < -0.4 is 5.32 Å². The van der Waals surface area contributed by atoms with Gasteiger partial charge in [0.25, 0.3) is 0 Å². The largest absolute Gasteiger partial charge is 0.338 e. The van der Waals surface area contributed by atoms with E-state index >= 15 is 0 Å². The average molecular weight is 474 g/mol. The molecule has 3 aromatic carbocycles. The van der Waals surface area contributed by atoms with E-state index < -0.39 is 0 Å². The highest BCUT2D eigenvalue weighted by Gasteiger charge is 2.24. The fourth-order valence-corrected chi connectivity index (χ4v) is 4.96. The van der Waals surface area contributed by atoms with Crippen LogP contribution in [-0.2, 0) is 19.5 Å². The lowest BCUT2D eigenvalue weighted by Gasteiger charge is -2.33. The van der Waals surface area contributed by atoms with E-state index in [1.165, 1.54) is 28.8 Å². The molecule has 1 saturated heterocycles. The van der Waals surface area contributed by atoms with Gasteiger partial charge in [-0.05, 0) is 79.6 Å². The molecule has 5 heteroatoms. The minimum atomic E-state index is -0.186. The van der Waals surface area contributed by atoms with Gasteiger partial charge in [0.15, 0.2) is 0 Å². The van der Waals surface area contributed by atoms with Gasteiger partial charge in [-0.15, -0.1) is 0 Å². The standard InChI is InChI=1S/C30H36FN3O/c1-2-32-30(35)34(21-16-24-8-4-3-5-9-24)23-27-10-6-7-11-29(27)26-17-19-33(20-18-26)22-25-12-14-28(31)15-13-25/h3-15,26H,2,16-23H2,1H3,(H,32,35). The summed E-state index contributed by atoms with van der Waals surface area (Å²) in [6.45, 7) is 6.77. The van der Waals surface area contributed by atoms with E-state index in [0.29, 0.717) is 25.6 Å². The van der Waals surface area contributed by atoms with Crippen LogP contribution in [0.25, 0.3) is 0 Å². The number of nitrogens with zero attached hydrogens (tertiary/aromatic N) is 2. The van der Waals surface area contributed by atoms with E-state index in [1.807, 2.05) is 42.2 Å². The molecular formula is C30H36FN3O. The Labute approximate surface area is 208 Å². The molecule has 4 rings (SSSR count). The van der Waals surface area contributed by atoms with Crippen molar-refractivity contribution in [2.75, 3.05) is 26.2 Å². The van der Waals surface area contributed by atoms with Crippen molar-refractivity contribution in [2.24, 2.45) is 0 Å². The second-order valence-corrected chi connectivity index (χ2v) is 9.37. The maximum Gasteiger partial charge on any atom is 0.317 e. The normalized spacial score (nSPS) is 14.6. The van der Waals surface area contributed by atoms with E-state index in [9.17, 15) is 9.18 Å². The number of carbonyl (C=O) groups is 1. The Morgan fingerprint density at radius 1 is 0.943 bits per heavy atom. The van der Waals surface area contributed by atoms with Crippen LogP contribution >= 0.6 is 0 Å². The number of halogens is 1. The Balaban J connectivity index is 1.40. The summed E-state index contributed by atoms with van der Waals surface area (Å²) in [5.41, 5.74) is 5.00. The van der Waals surface area contributed by atoms with Gasteiger partial charge in [0.2, 0.25) is 0 Å². The molecule has 0 bridgehead atoms. The van der Waals surface area contributed by atoms with Crippen LogP contribution in [0.15, 0.2) is 78.9 Å². The van der Waals surface area contributed by atoms with Crippen molar-refractivity contribution in [3.8, 4) is 0 Å². The molecule has 0 atom stereocenters.